The maximum atomic E-state index is 11.3. The fourth-order valence-electron chi connectivity index (χ4n) is 2.36. The van der Waals surface area contributed by atoms with Crippen LogP contribution < -0.4 is 5.73 Å². The van der Waals surface area contributed by atoms with Crippen molar-refractivity contribution in [2.75, 3.05) is 0 Å². The molecule has 0 heterocycles. The Bertz CT molecular complexity index is 818. The van der Waals surface area contributed by atoms with Crippen LogP contribution in [0, 0.1) is 0 Å². The molecule has 3 aromatic carbocycles. The van der Waals surface area contributed by atoms with E-state index < -0.39 is 5.91 Å². The maximum absolute atomic E-state index is 11.3. The SMILES string of the molecule is C=C(C(N)=O)c1cccc2cc3ccccc3cc12. The maximum Gasteiger partial charge on any atom is 0.248 e. The summed E-state index contributed by atoms with van der Waals surface area (Å²) in [5, 5.41) is 4.40. The number of fused-ring (bicyclic) bond motifs is 2. The van der Waals surface area contributed by atoms with E-state index in [1.54, 1.807) is 0 Å². The van der Waals surface area contributed by atoms with Crippen LogP contribution in [-0.2, 0) is 4.79 Å². The summed E-state index contributed by atoms with van der Waals surface area (Å²) >= 11 is 0. The van der Waals surface area contributed by atoms with Gasteiger partial charge in [-0.25, -0.2) is 0 Å². The third-order valence-corrected chi connectivity index (χ3v) is 3.37. The van der Waals surface area contributed by atoms with Gasteiger partial charge in [0.05, 0.1) is 0 Å². The topological polar surface area (TPSA) is 43.1 Å². The van der Waals surface area contributed by atoms with Crippen molar-refractivity contribution < 1.29 is 4.79 Å². The molecule has 0 fully saturated rings. The largest absolute Gasteiger partial charge is 0.366 e. The average Bonchev–Trinajstić information content (AvgIpc) is 2.43. The van der Waals surface area contributed by atoms with E-state index in [9.17, 15) is 4.79 Å². The van der Waals surface area contributed by atoms with Crippen molar-refractivity contribution in [2.24, 2.45) is 5.73 Å². The second-order valence-electron chi connectivity index (χ2n) is 4.57. The van der Waals surface area contributed by atoms with Crippen molar-refractivity contribution in [1.29, 1.82) is 0 Å². The lowest BCUT2D eigenvalue weighted by molar-refractivity contribution is -0.112. The Morgan fingerprint density at radius 1 is 0.895 bits per heavy atom. The predicted octanol–water partition coefficient (Wildman–Crippen LogP) is 3.49. The van der Waals surface area contributed by atoms with E-state index in [-0.39, 0.29) is 0 Å². The molecule has 3 rings (SSSR count). The van der Waals surface area contributed by atoms with Gasteiger partial charge in [0.2, 0.25) is 5.91 Å². The van der Waals surface area contributed by atoms with Gasteiger partial charge in [-0.05, 0) is 39.2 Å². The van der Waals surface area contributed by atoms with Crippen molar-refractivity contribution in [1.82, 2.24) is 0 Å². The van der Waals surface area contributed by atoms with Gasteiger partial charge in [0.15, 0.2) is 0 Å². The van der Waals surface area contributed by atoms with E-state index in [4.69, 9.17) is 5.73 Å². The Morgan fingerprint density at radius 3 is 2.21 bits per heavy atom. The molecule has 2 N–H and O–H groups in total. The molecular weight excluding hydrogens is 234 g/mol. The minimum absolute atomic E-state index is 0.348. The quantitative estimate of drug-likeness (QED) is 0.546. The third-order valence-electron chi connectivity index (χ3n) is 3.37. The van der Waals surface area contributed by atoms with Crippen LogP contribution in [0.3, 0.4) is 0 Å². The van der Waals surface area contributed by atoms with E-state index in [0.29, 0.717) is 5.57 Å². The first-order chi connectivity index (χ1) is 9.16. The molecule has 19 heavy (non-hydrogen) atoms. The Hall–Kier alpha value is -2.61. The predicted molar refractivity (Wildman–Crippen MR) is 79.7 cm³/mol. The fraction of sp³-hybridized carbons (Fsp3) is 0. The van der Waals surface area contributed by atoms with E-state index in [2.05, 4.69) is 30.8 Å². The third kappa shape index (κ3) is 1.87. The van der Waals surface area contributed by atoms with Crippen molar-refractivity contribution in [2.45, 2.75) is 0 Å². The summed E-state index contributed by atoms with van der Waals surface area (Å²) < 4.78 is 0. The molecule has 3 aromatic rings. The first-order valence-corrected chi connectivity index (χ1v) is 6.07. The molecule has 0 aliphatic heterocycles. The summed E-state index contributed by atoms with van der Waals surface area (Å²) in [6.45, 7) is 3.78. The summed E-state index contributed by atoms with van der Waals surface area (Å²) in [6.07, 6.45) is 0. The number of rotatable bonds is 2. The number of carbonyl (C=O) groups is 1. The summed E-state index contributed by atoms with van der Waals surface area (Å²) in [5.41, 5.74) is 6.48. The molecule has 0 aliphatic carbocycles. The molecule has 2 heteroatoms. The first kappa shape index (κ1) is 11.5. The Morgan fingerprint density at radius 2 is 1.53 bits per heavy atom. The number of nitrogens with two attached hydrogens (primary N) is 1. The second-order valence-corrected chi connectivity index (χ2v) is 4.57. The zero-order valence-electron chi connectivity index (χ0n) is 10.4. The van der Waals surface area contributed by atoms with E-state index >= 15 is 0 Å². The lowest BCUT2D eigenvalue weighted by Gasteiger charge is -2.08. The molecule has 0 unspecified atom stereocenters. The van der Waals surface area contributed by atoms with Gasteiger partial charge in [-0.3, -0.25) is 4.79 Å². The molecule has 0 saturated heterocycles. The Kier molecular flexibility index (Phi) is 2.57. The van der Waals surface area contributed by atoms with Crippen LogP contribution >= 0.6 is 0 Å². The van der Waals surface area contributed by atoms with Gasteiger partial charge in [0, 0.05) is 5.57 Å². The molecule has 1 amide bonds. The molecule has 92 valence electrons. The number of amides is 1. The lowest BCUT2D eigenvalue weighted by Crippen LogP contribution is -2.12. The highest BCUT2D eigenvalue weighted by Gasteiger charge is 2.09. The molecule has 0 bridgehead atoms. The molecule has 0 aromatic heterocycles. The zero-order chi connectivity index (χ0) is 13.4. The van der Waals surface area contributed by atoms with Crippen molar-refractivity contribution in [3.8, 4) is 0 Å². The van der Waals surface area contributed by atoms with Gasteiger partial charge in [0.1, 0.15) is 0 Å². The number of carbonyl (C=O) groups excluding carboxylic acids is 1. The normalized spacial score (nSPS) is 10.7. The molecule has 0 atom stereocenters. The van der Waals surface area contributed by atoms with Crippen molar-refractivity contribution in [3.63, 3.8) is 0 Å². The zero-order valence-corrected chi connectivity index (χ0v) is 10.4. The number of benzene rings is 3. The smallest absolute Gasteiger partial charge is 0.248 e. The fourth-order valence-corrected chi connectivity index (χ4v) is 2.36. The van der Waals surface area contributed by atoms with Gasteiger partial charge in [-0.1, -0.05) is 49.0 Å². The molecule has 0 aliphatic rings. The highest BCUT2D eigenvalue weighted by atomic mass is 16.1. The molecule has 2 nitrogen and oxygen atoms in total. The van der Waals surface area contributed by atoms with Crippen molar-refractivity contribution >= 4 is 33.0 Å². The summed E-state index contributed by atoms with van der Waals surface area (Å²) in [6, 6.07) is 18.2. The van der Waals surface area contributed by atoms with E-state index in [0.717, 1.165) is 21.7 Å². The molecule has 0 radical (unpaired) electrons. The highest BCUT2D eigenvalue weighted by molar-refractivity contribution is 6.22. The van der Waals surface area contributed by atoms with Crippen LogP contribution in [0.4, 0.5) is 0 Å². The standard InChI is InChI=1S/C17H13NO/c1-11(17(18)19)15-8-4-7-14-9-12-5-2-3-6-13(12)10-16(14)15/h2-10H,1H2,(H2,18,19). The summed E-state index contributed by atoms with van der Waals surface area (Å²) in [5.74, 6) is -0.486. The average molecular weight is 247 g/mol. The first-order valence-electron chi connectivity index (χ1n) is 6.07. The Balaban J connectivity index is 2.38. The number of hydrogen-bond acceptors (Lipinski definition) is 1. The number of primary amides is 1. The molecule has 0 spiro atoms. The van der Waals surface area contributed by atoms with Crippen LogP contribution in [-0.4, -0.2) is 5.91 Å². The monoisotopic (exact) mass is 247 g/mol. The summed E-state index contributed by atoms with van der Waals surface area (Å²) in [4.78, 5) is 11.3. The Labute approximate surface area is 111 Å². The van der Waals surface area contributed by atoms with Gasteiger partial charge < -0.3 is 5.73 Å². The van der Waals surface area contributed by atoms with Gasteiger partial charge >= 0.3 is 0 Å². The van der Waals surface area contributed by atoms with Gasteiger partial charge in [-0.15, -0.1) is 0 Å². The number of hydrogen-bond donors (Lipinski definition) is 1. The van der Waals surface area contributed by atoms with Crippen LogP contribution in [0.15, 0.2) is 61.2 Å². The van der Waals surface area contributed by atoms with E-state index in [1.165, 1.54) is 5.39 Å². The van der Waals surface area contributed by atoms with Crippen LogP contribution in [0.1, 0.15) is 5.56 Å². The highest BCUT2D eigenvalue weighted by Crippen LogP contribution is 2.28. The minimum Gasteiger partial charge on any atom is -0.366 e. The lowest BCUT2D eigenvalue weighted by atomic mass is 9.96. The van der Waals surface area contributed by atoms with E-state index in [1.807, 2.05) is 30.3 Å². The van der Waals surface area contributed by atoms with Crippen LogP contribution in [0.2, 0.25) is 0 Å². The second kappa shape index (κ2) is 4.25. The van der Waals surface area contributed by atoms with Gasteiger partial charge in [-0.2, -0.15) is 0 Å². The van der Waals surface area contributed by atoms with Crippen molar-refractivity contribution in [3.05, 3.63) is 66.7 Å². The molecular formula is C17H13NO. The minimum atomic E-state index is -0.486. The van der Waals surface area contributed by atoms with Crippen LogP contribution in [0.25, 0.3) is 27.1 Å². The summed E-state index contributed by atoms with van der Waals surface area (Å²) in [7, 11) is 0. The van der Waals surface area contributed by atoms with Crippen LogP contribution in [0.5, 0.6) is 0 Å². The van der Waals surface area contributed by atoms with Gasteiger partial charge in [0.25, 0.3) is 0 Å². The molecule has 0 saturated carbocycles.